The van der Waals surface area contributed by atoms with E-state index in [0.717, 1.165) is 19.3 Å². The number of carbonyl (C=O) groups is 1. The van der Waals surface area contributed by atoms with Gasteiger partial charge in [-0.15, -0.1) is 0 Å². The maximum atomic E-state index is 11.7. The summed E-state index contributed by atoms with van der Waals surface area (Å²) < 4.78 is 4.92. The van der Waals surface area contributed by atoms with Gasteiger partial charge in [0.2, 0.25) is 5.91 Å². The summed E-state index contributed by atoms with van der Waals surface area (Å²) in [6.07, 6.45) is 4.16. The highest BCUT2D eigenvalue weighted by molar-refractivity contribution is 5.81. The second-order valence-corrected chi connectivity index (χ2v) is 4.19. The van der Waals surface area contributed by atoms with E-state index in [-0.39, 0.29) is 11.9 Å². The predicted octanol–water partition coefficient (Wildman–Crippen LogP) is 0.670. The number of rotatable bonds is 5. The zero-order chi connectivity index (χ0) is 11.1. The van der Waals surface area contributed by atoms with Gasteiger partial charge in [0, 0.05) is 26.3 Å². The first-order valence-electron chi connectivity index (χ1n) is 5.76. The molecule has 0 aromatic rings. The summed E-state index contributed by atoms with van der Waals surface area (Å²) in [4.78, 5) is 11.7. The van der Waals surface area contributed by atoms with E-state index < -0.39 is 0 Å². The maximum Gasteiger partial charge on any atom is 0.237 e. The van der Waals surface area contributed by atoms with Crippen molar-refractivity contribution in [2.24, 2.45) is 0 Å². The molecule has 1 aliphatic heterocycles. The third kappa shape index (κ3) is 4.62. The van der Waals surface area contributed by atoms with Gasteiger partial charge in [-0.2, -0.15) is 0 Å². The molecule has 2 N–H and O–H groups in total. The molecular formula is C11H22N2O2. The molecule has 1 saturated heterocycles. The van der Waals surface area contributed by atoms with E-state index in [0.29, 0.717) is 19.2 Å². The van der Waals surface area contributed by atoms with Crippen LogP contribution in [0.5, 0.6) is 0 Å². The molecule has 4 nitrogen and oxygen atoms in total. The fourth-order valence-electron chi connectivity index (χ4n) is 1.90. The Balaban J connectivity index is 2.15. The van der Waals surface area contributed by atoms with E-state index in [1.54, 1.807) is 7.11 Å². The zero-order valence-corrected chi connectivity index (χ0v) is 9.71. The number of carbonyl (C=O) groups excluding carboxylic acids is 1. The largest absolute Gasteiger partial charge is 0.385 e. The van der Waals surface area contributed by atoms with E-state index in [2.05, 4.69) is 17.6 Å². The molecule has 1 amide bonds. The molecule has 4 heteroatoms. The SMILES string of the molecule is COCCCNC(=O)[C@@H]1CCC[C@@H](C)N1. The molecule has 88 valence electrons. The molecule has 1 fully saturated rings. The van der Waals surface area contributed by atoms with Crippen LogP contribution in [0.3, 0.4) is 0 Å². The quantitative estimate of drug-likeness (QED) is 0.661. The lowest BCUT2D eigenvalue weighted by atomic mass is 9.99. The summed E-state index contributed by atoms with van der Waals surface area (Å²) in [6, 6.07) is 0.477. The second kappa shape index (κ2) is 6.80. The van der Waals surface area contributed by atoms with E-state index in [9.17, 15) is 4.79 Å². The molecule has 0 aromatic carbocycles. The fourth-order valence-corrected chi connectivity index (χ4v) is 1.90. The van der Waals surface area contributed by atoms with E-state index >= 15 is 0 Å². The van der Waals surface area contributed by atoms with Gasteiger partial charge < -0.3 is 15.4 Å². The minimum absolute atomic E-state index is 0.0105. The number of hydrogen-bond donors (Lipinski definition) is 2. The molecule has 0 aromatic heterocycles. The number of ether oxygens (including phenoxy) is 1. The highest BCUT2D eigenvalue weighted by Crippen LogP contribution is 2.12. The Morgan fingerprint density at radius 1 is 1.53 bits per heavy atom. The Morgan fingerprint density at radius 2 is 2.33 bits per heavy atom. The van der Waals surface area contributed by atoms with Crippen molar-refractivity contribution in [2.45, 2.75) is 44.7 Å². The zero-order valence-electron chi connectivity index (χ0n) is 9.71. The van der Waals surface area contributed by atoms with Crippen molar-refractivity contribution < 1.29 is 9.53 Å². The third-order valence-corrected chi connectivity index (χ3v) is 2.76. The average molecular weight is 214 g/mol. The lowest BCUT2D eigenvalue weighted by Crippen LogP contribution is -2.50. The highest BCUT2D eigenvalue weighted by Gasteiger charge is 2.23. The molecular weight excluding hydrogens is 192 g/mol. The van der Waals surface area contributed by atoms with Gasteiger partial charge in [-0.05, 0) is 32.6 Å². The first-order valence-corrected chi connectivity index (χ1v) is 5.76. The Hall–Kier alpha value is -0.610. The van der Waals surface area contributed by atoms with Crippen LogP contribution in [0.25, 0.3) is 0 Å². The van der Waals surface area contributed by atoms with Gasteiger partial charge in [-0.25, -0.2) is 0 Å². The minimum Gasteiger partial charge on any atom is -0.385 e. The van der Waals surface area contributed by atoms with Crippen LogP contribution in [0.1, 0.15) is 32.6 Å². The Bertz CT molecular complexity index is 197. The van der Waals surface area contributed by atoms with Crippen LogP contribution in [0.4, 0.5) is 0 Å². The lowest BCUT2D eigenvalue weighted by molar-refractivity contribution is -0.124. The minimum atomic E-state index is 0.0105. The van der Waals surface area contributed by atoms with Gasteiger partial charge in [-0.3, -0.25) is 4.79 Å². The molecule has 0 unspecified atom stereocenters. The average Bonchev–Trinajstić information content (AvgIpc) is 2.24. The van der Waals surface area contributed by atoms with Gasteiger partial charge in [0.05, 0.1) is 6.04 Å². The predicted molar refractivity (Wildman–Crippen MR) is 59.7 cm³/mol. The molecule has 1 heterocycles. The summed E-state index contributed by atoms with van der Waals surface area (Å²) in [7, 11) is 1.67. The van der Waals surface area contributed by atoms with Gasteiger partial charge in [0.15, 0.2) is 0 Å². The highest BCUT2D eigenvalue weighted by atomic mass is 16.5. The third-order valence-electron chi connectivity index (χ3n) is 2.76. The van der Waals surface area contributed by atoms with Crippen LogP contribution >= 0.6 is 0 Å². The Labute approximate surface area is 91.8 Å². The topological polar surface area (TPSA) is 50.4 Å². The number of amides is 1. The van der Waals surface area contributed by atoms with Gasteiger partial charge in [-0.1, -0.05) is 0 Å². The van der Waals surface area contributed by atoms with Crippen molar-refractivity contribution in [3.05, 3.63) is 0 Å². The van der Waals surface area contributed by atoms with E-state index in [1.807, 2.05) is 0 Å². The van der Waals surface area contributed by atoms with Crippen LogP contribution < -0.4 is 10.6 Å². The van der Waals surface area contributed by atoms with Crippen LogP contribution in [0.2, 0.25) is 0 Å². The van der Waals surface area contributed by atoms with Gasteiger partial charge in [0.25, 0.3) is 0 Å². The number of hydrogen-bond acceptors (Lipinski definition) is 3. The number of nitrogens with one attached hydrogen (secondary N) is 2. The van der Waals surface area contributed by atoms with Gasteiger partial charge >= 0.3 is 0 Å². The van der Waals surface area contributed by atoms with Crippen molar-refractivity contribution in [3.63, 3.8) is 0 Å². The molecule has 1 rings (SSSR count). The normalized spacial score (nSPS) is 26.3. The van der Waals surface area contributed by atoms with Crippen molar-refractivity contribution in [3.8, 4) is 0 Å². The van der Waals surface area contributed by atoms with Gasteiger partial charge in [0.1, 0.15) is 0 Å². The molecule has 2 atom stereocenters. The fraction of sp³-hybridized carbons (Fsp3) is 0.909. The number of piperidine rings is 1. The molecule has 15 heavy (non-hydrogen) atoms. The molecule has 0 bridgehead atoms. The summed E-state index contributed by atoms with van der Waals surface area (Å²) in [6.45, 7) is 3.54. The lowest BCUT2D eigenvalue weighted by Gasteiger charge is -2.27. The monoisotopic (exact) mass is 214 g/mol. The van der Waals surface area contributed by atoms with Crippen LogP contribution in [-0.4, -0.2) is 38.3 Å². The van der Waals surface area contributed by atoms with Crippen molar-refractivity contribution in [1.82, 2.24) is 10.6 Å². The summed E-state index contributed by atoms with van der Waals surface area (Å²) in [5, 5.41) is 6.24. The molecule has 1 aliphatic rings. The van der Waals surface area contributed by atoms with Crippen LogP contribution in [0, 0.1) is 0 Å². The maximum absolute atomic E-state index is 11.7. The summed E-state index contributed by atoms with van der Waals surface area (Å²) >= 11 is 0. The molecule has 0 aliphatic carbocycles. The van der Waals surface area contributed by atoms with Crippen molar-refractivity contribution >= 4 is 5.91 Å². The Morgan fingerprint density at radius 3 is 3.00 bits per heavy atom. The summed E-state index contributed by atoms with van der Waals surface area (Å²) in [5.41, 5.74) is 0. The van der Waals surface area contributed by atoms with E-state index in [1.165, 1.54) is 6.42 Å². The summed E-state index contributed by atoms with van der Waals surface area (Å²) in [5.74, 6) is 0.137. The molecule has 0 spiro atoms. The van der Waals surface area contributed by atoms with Crippen LogP contribution in [0.15, 0.2) is 0 Å². The van der Waals surface area contributed by atoms with Crippen molar-refractivity contribution in [1.29, 1.82) is 0 Å². The molecule has 0 radical (unpaired) electrons. The van der Waals surface area contributed by atoms with Crippen molar-refractivity contribution in [2.75, 3.05) is 20.3 Å². The first kappa shape index (κ1) is 12.5. The van der Waals surface area contributed by atoms with Crippen LogP contribution in [-0.2, 0) is 9.53 Å². The Kier molecular flexibility index (Phi) is 5.65. The molecule has 0 saturated carbocycles. The smallest absolute Gasteiger partial charge is 0.237 e. The first-order chi connectivity index (χ1) is 7.24. The second-order valence-electron chi connectivity index (χ2n) is 4.19. The van der Waals surface area contributed by atoms with E-state index in [4.69, 9.17) is 4.74 Å². The standard InChI is InChI=1S/C11H22N2O2/c1-9-5-3-6-10(13-9)11(14)12-7-4-8-15-2/h9-10,13H,3-8H2,1-2H3,(H,12,14)/t9-,10+/m1/s1. The number of methoxy groups -OCH3 is 1.